The highest BCUT2D eigenvalue weighted by Crippen LogP contribution is 2.14. The summed E-state index contributed by atoms with van der Waals surface area (Å²) in [6, 6.07) is 6.69. The van der Waals surface area contributed by atoms with E-state index < -0.39 is 0 Å². The molecular formula is C12H13FN2. The summed E-state index contributed by atoms with van der Waals surface area (Å²) in [5.74, 6) is -0.209. The monoisotopic (exact) mass is 204 g/mol. The number of aryl methyl sites for hydroxylation is 2. The topological polar surface area (TPSA) is 17.8 Å². The molecule has 0 bridgehead atoms. The molecule has 78 valence electrons. The predicted octanol–water partition coefficient (Wildman–Crippen LogP) is 2.88. The van der Waals surface area contributed by atoms with Crippen LogP contribution in [0, 0.1) is 12.7 Å². The van der Waals surface area contributed by atoms with Gasteiger partial charge in [-0.1, -0.05) is 6.92 Å². The lowest BCUT2D eigenvalue weighted by molar-refractivity contribution is 0.625. The number of rotatable bonds is 2. The Morgan fingerprint density at radius 2 is 2.13 bits per heavy atom. The van der Waals surface area contributed by atoms with Crippen LogP contribution in [0.4, 0.5) is 4.39 Å². The van der Waals surface area contributed by atoms with Gasteiger partial charge in [-0.15, -0.1) is 0 Å². The number of aromatic nitrogens is 2. The van der Waals surface area contributed by atoms with E-state index in [0.29, 0.717) is 0 Å². The average Bonchev–Trinajstić information content (AvgIpc) is 2.66. The second-order valence-electron chi connectivity index (χ2n) is 3.54. The lowest BCUT2D eigenvalue weighted by Gasteiger charge is -2.05. The minimum absolute atomic E-state index is 0.209. The number of benzene rings is 1. The standard InChI is InChI=1S/C12H13FN2/c1-3-11-6-7-15(14-11)12-5-4-10(13)8-9(12)2/h4-8H,3H2,1-2H3. The number of hydrogen-bond donors (Lipinski definition) is 0. The molecule has 1 aromatic heterocycles. The first-order valence-electron chi connectivity index (χ1n) is 5.02. The van der Waals surface area contributed by atoms with Crippen molar-refractivity contribution >= 4 is 0 Å². The summed E-state index contributed by atoms with van der Waals surface area (Å²) < 4.78 is 14.7. The van der Waals surface area contributed by atoms with Gasteiger partial charge in [-0.05, 0) is 43.2 Å². The van der Waals surface area contributed by atoms with Gasteiger partial charge in [0.05, 0.1) is 11.4 Å². The minimum Gasteiger partial charge on any atom is -0.240 e. The van der Waals surface area contributed by atoms with Crippen molar-refractivity contribution in [3.8, 4) is 5.69 Å². The van der Waals surface area contributed by atoms with E-state index in [0.717, 1.165) is 23.4 Å². The van der Waals surface area contributed by atoms with E-state index in [-0.39, 0.29) is 5.82 Å². The van der Waals surface area contributed by atoms with Crippen LogP contribution >= 0.6 is 0 Å². The Morgan fingerprint density at radius 1 is 1.33 bits per heavy atom. The summed E-state index contributed by atoms with van der Waals surface area (Å²) in [7, 11) is 0. The van der Waals surface area contributed by atoms with E-state index in [4.69, 9.17) is 0 Å². The molecule has 1 aromatic carbocycles. The Hall–Kier alpha value is -1.64. The smallest absolute Gasteiger partial charge is 0.123 e. The fraction of sp³-hybridized carbons (Fsp3) is 0.250. The van der Waals surface area contributed by atoms with Gasteiger partial charge in [-0.2, -0.15) is 5.10 Å². The van der Waals surface area contributed by atoms with Gasteiger partial charge in [0.2, 0.25) is 0 Å². The third-order valence-corrected chi connectivity index (χ3v) is 2.41. The van der Waals surface area contributed by atoms with E-state index in [2.05, 4.69) is 12.0 Å². The zero-order valence-electron chi connectivity index (χ0n) is 8.87. The van der Waals surface area contributed by atoms with Gasteiger partial charge < -0.3 is 0 Å². The molecule has 2 rings (SSSR count). The van der Waals surface area contributed by atoms with Crippen molar-refractivity contribution in [2.24, 2.45) is 0 Å². The van der Waals surface area contributed by atoms with E-state index >= 15 is 0 Å². The van der Waals surface area contributed by atoms with Crippen molar-refractivity contribution in [3.05, 3.63) is 47.5 Å². The maximum atomic E-state index is 12.9. The average molecular weight is 204 g/mol. The Kier molecular flexibility index (Phi) is 2.54. The normalized spacial score (nSPS) is 10.6. The zero-order valence-corrected chi connectivity index (χ0v) is 8.87. The molecule has 0 saturated heterocycles. The Balaban J connectivity index is 2.44. The minimum atomic E-state index is -0.209. The third-order valence-electron chi connectivity index (χ3n) is 2.41. The molecule has 0 unspecified atom stereocenters. The van der Waals surface area contributed by atoms with Gasteiger partial charge in [0.1, 0.15) is 5.82 Å². The molecule has 0 atom stereocenters. The van der Waals surface area contributed by atoms with Gasteiger partial charge >= 0.3 is 0 Å². The highest BCUT2D eigenvalue weighted by Gasteiger charge is 2.03. The second-order valence-corrected chi connectivity index (χ2v) is 3.54. The van der Waals surface area contributed by atoms with E-state index in [1.807, 2.05) is 19.2 Å². The molecular weight excluding hydrogens is 191 g/mol. The maximum Gasteiger partial charge on any atom is 0.123 e. The van der Waals surface area contributed by atoms with Gasteiger partial charge in [-0.25, -0.2) is 9.07 Å². The summed E-state index contributed by atoms with van der Waals surface area (Å²) >= 11 is 0. The van der Waals surface area contributed by atoms with Gasteiger partial charge in [0.15, 0.2) is 0 Å². The highest BCUT2D eigenvalue weighted by atomic mass is 19.1. The van der Waals surface area contributed by atoms with Crippen LogP contribution in [0.3, 0.4) is 0 Å². The number of nitrogens with zero attached hydrogens (tertiary/aromatic N) is 2. The van der Waals surface area contributed by atoms with E-state index in [9.17, 15) is 4.39 Å². The molecule has 1 heterocycles. The first kappa shape index (κ1) is 9.90. The summed E-state index contributed by atoms with van der Waals surface area (Å²) in [6.07, 6.45) is 2.81. The molecule has 15 heavy (non-hydrogen) atoms. The Bertz CT molecular complexity index is 474. The predicted molar refractivity (Wildman–Crippen MR) is 57.6 cm³/mol. The second kappa shape index (κ2) is 3.85. The van der Waals surface area contributed by atoms with Crippen molar-refractivity contribution in [2.45, 2.75) is 20.3 Å². The van der Waals surface area contributed by atoms with Gasteiger partial charge in [0.25, 0.3) is 0 Å². The first-order chi connectivity index (χ1) is 7.20. The fourth-order valence-corrected chi connectivity index (χ4v) is 1.56. The summed E-state index contributed by atoms with van der Waals surface area (Å²) in [6.45, 7) is 3.94. The molecule has 0 aliphatic rings. The highest BCUT2D eigenvalue weighted by molar-refractivity contribution is 5.39. The van der Waals surface area contributed by atoms with Crippen molar-refractivity contribution in [2.75, 3.05) is 0 Å². The van der Waals surface area contributed by atoms with E-state index in [1.165, 1.54) is 12.1 Å². The number of hydrogen-bond acceptors (Lipinski definition) is 1. The molecule has 0 N–H and O–H groups in total. The van der Waals surface area contributed by atoms with E-state index in [1.54, 1.807) is 10.7 Å². The van der Waals surface area contributed by atoms with Crippen LogP contribution < -0.4 is 0 Å². The molecule has 0 radical (unpaired) electrons. The molecule has 3 heteroatoms. The molecule has 0 aliphatic carbocycles. The Morgan fingerprint density at radius 3 is 2.73 bits per heavy atom. The molecule has 0 saturated carbocycles. The summed E-state index contributed by atoms with van der Waals surface area (Å²) in [5.41, 5.74) is 2.86. The Labute approximate surface area is 88.4 Å². The van der Waals surface area contributed by atoms with Gasteiger partial charge in [-0.3, -0.25) is 0 Å². The zero-order chi connectivity index (χ0) is 10.8. The maximum absolute atomic E-state index is 12.9. The molecule has 2 aromatic rings. The van der Waals surface area contributed by atoms with Crippen LogP contribution in [0.5, 0.6) is 0 Å². The third kappa shape index (κ3) is 1.91. The molecule has 0 amide bonds. The molecule has 2 nitrogen and oxygen atoms in total. The fourth-order valence-electron chi connectivity index (χ4n) is 1.56. The van der Waals surface area contributed by atoms with Crippen LogP contribution in [0.2, 0.25) is 0 Å². The summed E-state index contributed by atoms with van der Waals surface area (Å²) in [5, 5.41) is 4.38. The molecule has 0 fully saturated rings. The lowest BCUT2D eigenvalue weighted by atomic mass is 10.2. The van der Waals surface area contributed by atoms with Gasteiger partial charge in [0, 0.05) is 6.20 Å². The summed E-state index contributed by atoms with van der Waals surface area (Å²) in [4.78, 5) is 0. The molecule has 0 aliphatic heterocycles. The van der Waals surface area contributed by atoms with Crippen LogP contribution in [0.15, 0.2) is 30.5 Å². The lowest BCUT2D eigenvalue weighted by Crippen LogP contribution is -1.98. The largest absolute Gasteiger partial charge is 0.240 e. The van der Waals surface area contributed by atoms with Crippen molar-refractivity contribution in [1.82, 2.24) is 9.78 Å². The number of halogens is 1. The van der Waals surface area contributed by atoms with Crippen molar-refractivity contribution < 1.29 is 4.39 Å². The van der Waals surface area contributed by atoms with Crippen molar-refractivity contribution in [3.63, 3.8) is 0 Å². The van der Waals surface area contributed by atoms with Crippen LogP contribution in [-0.4, -0.2) is 9.78 Å². The van der Waals surface area contributed by atoms with Crippen LogP contribution in [0.25, 0.3) is 5.69 Å². The van der Waals surface area contributed by atoms with Crippen LogP contribution in [0.1, 0.15) is 18.2 Å². The SMILES string of the molecule is CCc1ccn(-c2ccc(F)cc2C)n1. The van der Waals surface area contributed by atoms with Crippen molar-refractivity contribution in [1.29, 1.82) is 0 Å². The quantitative estimate of drug-likeness (QED) is 0.735. The molecule has 0 spiro atoms. The van der Waals surface area contributed by atoms with Crippen LogP contribution in [-0.2, 0) is 6.42 Å². The first-order valence-corrected chi connectivity index (χ1v) is 5.02.